The molecule has 0 N–H and O–H groups in total. The molecule has 2 heterocycles. The van der Waals surface area contributed by atoms with Crippen molar-refractivity contribution in [3.63, 3.8) is 0 Å². The van der Waals surface area contributed by atoms with E-state index in [9.17, 15) is 4.79 Å². The number of rotatable bonds is 6. The summed E-state index contributed by atoms with van der Waals surface area (Å²) in [6.07, 6.45) is 4.22. The van der Waals surface area contributed by atoms with Gasteiger partial charge in [-0.25, -0.2) is 4.57 Å². The van der Waals surface area contributed by atoms with Crippen LogP contribution in [0.5, 0.6) is 5.75 Å². The molecule has 5 nitrogen and oxygen atoms in total. The highest BCUT2D eigenvalue weighted by Gasteiger charge is 2.29. The first-order valence-corrected chi connectivity index (χ1v) is 11.4. The molecule has 9 heteroatoms. The van der Waals surface area contributed by atoms with Gasteiger partial charge in [-0.1, -0.05) is 51.3 Å². The van der Waals surface area contributed by atoms with Gasteiger partial charge in [0.25, 0.3) is 0 Å². The van der Waals surface area contributed by atoms with Gasteiger partial charge < -0.3 is 4.74 Å². The number of benzene rings is 2. The van der Waals surface area contributed by atoms with Crippen molar-refractivity contribution in [2.24, 2.45) is 0 Å². The molecule has 0 spiro atoms. The fourth-order valence-corrected chi connectivity index (χ4v) is 4.33. The molecule has 31 heavy (non-hydrogen) atoms. The number of aromatic nitrogens is 3. The third-order valence-electron chi connectivity index (χ3n) is 5.15. The maximum absolute atomic E-state index is 13.0. The number of hydrogen-bond acceptors (Lipinski definition) is 3. The monoisotopic (exact) mass is 588 g/mol. The van der Waals surface area contributed by atoms with Crippen molar-refractivity contribution < 1.29 is 14.1 Å². The number of halogens is 4. The summed E-state index contributed by atoms with van der Waals surface area (Å²) in [4.78, 5) is 13.0. The van der Waals surface area contributed by atoms with E-state index in [2.05, 4.69) is 15.9 Å². The molecule has 0 amide bonds. The SMILES string of the molecule is Br.O=C(C[n+]1c(COc2ccc(Cl)cc2Cl)nn2c1CCCCC2)c1ccc(Br)cc1. The van der Waals surface area contributed by atoms with Crippen LogP contribution in [0.1, 0.15) is 41.3 Å². The summed E-state index contributed by atoms with van der Waals surface area (Å²) in [5.74, 6) is 2.36. The van der Waals surface area contributed by atoms with Crippen molar-refractivity contribution in [2.75, 3.05) is 0 Å². The van der Waals surface area contributed by atoms with Crippen LogP contribution in [-0.4, -0.2) is 15.6 Å². The van der Waals surface area contributed by atoms with E-state index in [-0.39, 0.29) is 35.9 Å². The molecular formula is C22H22Br2Cl2N3O2+. The third-order valence-corrected chi connectivity index (χ3v) is 6.21. The third kappa shape index (κ3) is 5.89. The van der Waals surface area contributed by atoms with Gasteiger partial charge in [-0.2, -0.15) is 0 Å². The molecule has 2 aromatic carbocycles. The number of nitrogens with zero attached hydrogens (tertiary/aromatic N) is 3. The van der Waals surface area contributed by atoms with Crippen LogP contribution in [0.25, 0.3) is 0 Å². The van der Waals surface area contributed by atoms with E-state index < -0.39 is 0 Å². The molecular weight excluding hydrogens is 569 g/mol. The van der Waals surface area contributed by atoms with E-state index in [0.29, 0.717) is 27.2 Å². The second-order valence-electron chi connectivity index (χ2n) is 7.25. The molecule has 0 saturated carbocycles. The molecule has 1 aromatic heterocycles. The fraction of sp³-hybridized carbons (Fsp3) is 0.318. The zero-order valence-corrected chi connectivity index (χ0v) is 21.5. The van der Waals surface area contributed by atoms with Gasteiger partial charge in [-0.3, -0.25) is 4.79 Å². The highest BCUT2D eigenvalue weighted by Crippen LogP contribution is 2.28. The Balaban J connectivity index is 0.00000272. The van der Waals surface area contributed by atoms with Crippen LogP contribution in [0.4, 0.5) is 0 Å². The summed E-state index contributed by atoms with van der Waals surface area (Å²) >= 11 is 15.6. The number of hydrogen-bond donors (Lipinski definition) is 0. The quantitative estimate of drug-likeness (QED) is 0.261. The molecule has 1 aliphatic rings. The molecule has 0 aliphatic carbocycles. The Bertz CT molecular complexity index is 1070. The van der Waals surface area contributed by atoms with Gasteiger partial charge >= 0.3 is 5.82 Å². The molecule has 0 saturated heterocycles. The zero-order valence-electron chi connectivity index (χ0n) is 16.7. The second kappa shape index (κ2) is 10.9. The predicted octanol–water partition coefficient (Wildman–Crippen LogP) is 6.01. The maximum atomic E-state index is 13.0. The van der Waals surface area contributed by atoms with E-state index in [1.807, 2.05) is 33.5 Å². The van der Waals surface area contributed by atoms with Crippen molar-refractivity contribution in [1.29, 1.82) is 0 Å². The second-order valence-corrected chi connectivity index (χ2v) is 9.01. The highest BCUT2D eigenvalue weighted by atomic mass is 79.9. The van der Waals surface area contributed by atoms with Gasteiger partial charge in [0.1, 0.15) is 18.8 Å². The van der Waals surface area contributed by atoms with Crippen LogP contribution in [0.15, 0.2) is 46.9 Å². The molecule has 0 fully saturated rings. The van der Waals surface area contributed by atoms with Crippen LogP contribution in [0, 0.1) is 0 Å². The molecule has 3 aromatic rings. The number of Topliss-reactive ketones (excluding diaryl/α,β-unsaturated/α-hetero) is 1. The summed E-state index contributed by atoms with van der Waals surface area (Å²) in [5, 5.41) is 5.76. The number of ether oxygens (including phenoxy) is 1. The van der Waals surface area contributed by atoms with Crippen molar-refractivity contribution in [2.45, 2.75) is 45.4 Å². The lowest BCUT2D eigenvalue weighted by molar-refractivity contribution is -0.700. The first-order valence-electron chi connectivity index (χ1n) is 9.86. The molecule has 0 radical (unpaired) electrons. The summed E-state index contributed by atoms with van der Waals surface area (Å²) < 4.78 is 10.9. The van der Waals surface area contributed by atoms with Crippen LogP contribution in [0.2, 0.25) is 10.0 Å². The summed E-state index contributed by atoms with van der Waals surface area (Å²) in [6.45, 7) is 1.29. The summed E-state index contributed by atoms with van der Waals surface area (Å²) in [7, 11) is 0. The maximum Gasteiger partial charge on any atom is 0.315 e. The molecule has 0 atom stereocenters. The van der Waals surface area contributed by atoms with Crippen molar-refractivity contribution in [3.05, 3.63) is 74.2 Å². The number of carbonyl (C=O) groups excluding carboxylic acids is 1. The Labute approximate surface area is 210 Å². The fourth-order valence-electron chi connectivity index (χ4n) is 3.60. The first kappa shape index (κ1) is 24.2. The Hall–Kier alpha value is -1.41. The number of carbonyl (C=O) groups is 1. The normalized spacial score (nSPS) is 13.1. The Morgan fingerprint density at radius 2 is 1.90 bits per heavy atom. The minimum absolute atomic E-state index is 0. The van der Waals surface area contributed by atoms with Gasteiger partial charge in [0.2, 0.25) is 5.82 Å². The molecule has 0 bridgehead atoms. The summed E-state index contributed by atoms with van der Waals surface area (Å²) in [5.41, 5.74) is 0.673. The highest BCUT2D eigenvalue weighted by molar-refractivity contribution is 9.10. The first-order chi connectivity index (χ1) is 14.5. The van der Waals surface area contributed by atoms with Crippen molar-refractivity contribution in [1.82, 2.24) is 9.78 Å². The average Bonchev–Trinajstić information content (AvgIpc) is 2.88. The van der Waals surface area contributed by atoms with Crippen LogP contribution in [-0.2, 0) is 26.1 Å². The number of fused-ring (bicyclic) bond motifs is 1. The topological polar surface area (TPSA) is 48.0 Å². The number of aryl methyl sites for hydroxylation is 1. The van der Waals surface area contributed by atoms with Gasteiger partial charge in [0.15, 0.2) is 12.4 Å². The van der Waals surface area contributed by atoms with Gasteiger partial charge in [0, 0.05) is 26.6 Å². The lowest BCUT2D eigenvalue weighted by atomic mass is 10.1. The molecule has 4 rings (SSSR count). The van der Waals surface area contributed by atoms with Crippen molar-refractivity contribution >= 4 is 61.9 Å². The standard InChI is InChI=1S/C22H21BrCl2N3O2.BrH/c23-16-7-5-15(6-8-16)19(29)13-27-21(26-28-11-3-1-2-4-22(27)28)14-30-20-10-9-17(24)12-18(20)25;/h5-10,12H,1-4,11,13-14H2;1H/q+1;. The molecule has 0 unspecified atom stereocenters. The number of ketones is 1. The lowest BCUT2D eigenvalue weighted by Crippen LogP contribution is -2.44. The molecule has 1 aliphatic heterocycles. The molecule has 164 valence electrons. The van der Waals surface area contributed by atoms with E-state index in [0.717, 1.165) is 42.5 Å². The van der Waals surface area contributed by atoms with Gasteiger partial charge in [0.05, 0.1) is 5.02 Å². The van der Waals surface area contributed by atoms with E-state index >= 15 is 0 Å². The average molecular weight is 591 g/mol. The van der Waals surface area contributed by atoms with E-state index in [4.69, 9.17) is 33.0 Å². The van der Waals surface area contributed by atoms with Gasteiger partial charge in [-0.05, 0) is 49.6 Å². The van der Waals surface area contributed by atoms with E-state index in [1.54, 1.807) is 18.2 Å². The van der Waals surface area contributed by atoms with Crippen LogP contribution in [0.3, 0.4) is 0 Å². The van der Waals surface area contributed by atoms with Crippen molar-refractivity contribution in [3.8, 4) is 5.75 Å². The lowest BCUT2D eigenvalue weighted by Gasteiger charge is -2.08. The largest absolute Gasteiger partial charge is 0.481 e. The van der Waals surface area contributed by atoms with Crippen LogP contribution >= 0.6 is 56.1 Å². The predicted molar refractivity (Wildman–Crippen MR) is 130 cm³/mol. The zero-order chi connectivity index (χ0) is 21.1. The van der Waals surface area contributed by atoms with Crippen LogP contribution < -0.4 is 9.30 Å². The minimum atomic E-state index is 0. The van der Waals surface area contributed by atoms with E-state index in [1.165, 1.54) is 0 Å². The Kier molecular flexibility index (Phi) is 8.56. The smallest absolute Gasteiger partial charge is 0.315 e. The van der Waals surface area contributed by atoms with Gasteiger partial charge in [-0.15, -0.1) is 21.7 Å². The minimum Gasteiger partial charge on any atom is -0.481 e. The Morgan fingerprint density at radius 3 is 2.65 bits per heavy atom. The Morgan fingerprint density at radius 1 is 1.13 bits per heavy atom. The summed E-state index contributed by atoms with van der Waals surface area (Å²) in [6, 6.07) is 12.5.